The van der Waals surface area contributed by atoms with Crippen LogP contribution in [0.25, 0.3) is 0 Å². The van der Waals surface area contributed by atoms with E-state index in [0.717, 1.165) is 11.5 Å². The van der Waals surface area contributed by atoms with Crippen molar-refractivity contribution < 1.29 is 0 Å². The summed E-state index contributed by atoms with van der Waals surface area (Å²) in [5.74, 6) is 0.757. The van der Waals surface area contributed by atoms with Crippen LogP contribution in [-0.4, -0.2) is 16.0 Å². The molecule has 15 heavy (non-hydrogen) atoms. The molecule has 1 N–H and O–H groups in total. The van der Waals surface area contributed by atoms with E-state index in [9.17, 15) is 0 Å². The average Bonchev–Trinajstić information content (AvgIpc) is 2.22. The van der Waals surface area contributed by atoms with Crippen LogP contribution in [0.4, 0.5) is 5.95 Å². The van der Waals surface area contributed by atoms with Gasteiger partial charge in [0.05, 0.1) is 0 Å². The third-order valence-electron chi connectivity index (χ3n) is 2.39. The molecule has 1 rings (SSSR count). The van der Waals surface area contributed by atoms with Gasteiger partial charge in [0, 0.05) is 18.4 Å². The molecule has 3 heteroatoms. The zero-order valence-electron chi connectivity index (χ0n) is 9.95. The van der Waals surface area contributed by atoms with Gasteiger partial charge in [-0.05, 0) is 25.3 Å². The molecule has 84 valence electrons. The van der Waals surface area contributed by atoms with E-state index in [4.69, 9.17) is 0 Å². The number of aromatic nitrogens is 2. The summed E-state index contributed by atoms with van der Waals surface area (Å²) in [5, 5.41) is 3.39. The summed E-state index contributed by atoms with van der Waals surface area (Å²) in [6.45, 7) is 6.42. The first-order valence-corrected chi connectivity index (χ1v) is 5.81. The lowest BCUT2D eigenvalue weighted by atomic mass is 10.1. The summed E-state index contributed by atoms with van der Waals surface area (Å²) in [6.07, 6.45) is 8.47. The smallest absolute Gasteiger partial charge is 0.222 e. The largest absolute Gasteiger partial charge is 0.351 e. The Morgan fingerprint density at radius 2 is 1.67 bits per heavy atom. The van der Waals surface area contributed by atoms with E-state index in [1.54, 1.807) is 0 Å². The zero-order valence-corrected chi connectivity index (χ0v) is 9.95. The van der Waals surface area contributed by atoms with Crippen LogP contribution in [-0.2, 0) is 0 Å². The minimum Gasteiger partial charge on any atom is -0.351 e. The molecule has 0 fully saturated rings. The van der Waals surface area contributed by atoms with Gasteiger partial charge in [-0.15, -0.1) is 0 Å². The Morgan fingerprint density at radius 3 is 2.13 bits per heavy atom. The molecule has 1 heterocycles. The van der Waals surface area contributed by atoms with Crippen molar-refractivity contribution in [3.63, 3.8) is 0 Å². The van der Waals surface area contributed by atoms with Crippen molar-refractivity contribution in [1.82, 2.24) is 9.97 Å². The van der Waals surface area contributed by atoms with Crippen LogP contribution >= 0.6 is 0 Å². The molecular weight excluding hydrogens is 186 g/mol. The number of rotatable bonds is 6. The molecule has 0 spiro atoms. The highest BCUT2D eigenvalue weighted by Crippen LogP contribution is 2.10. The van der Waals surface area contributed by atoms with E-state index in [1.165, 1.54) is 25.7 Å². The van der Waals surface area contributed by atoms with Crippen LogP contribution in [0.15, 0.2) is 12.4 Å². The first kappa shape index (κ1) is 12.0. The van der Waals surface area contributed by atoms with Crippen molar-refractivity contribution in [1.29, 1.82) is 0 Å². The molecule has 0 unspecified atom stereocenters. The highest BCUT2D eigenvalue weighted by atomic mass is 15.1. The minimum atomic E-state index is 0.516. The molecule has 0 radical (unpaired) electrons. The highest BCUT2D eigenvalue weighted by Gasteiger charge is 2.07. The molecule has 0 bridgehead atoms. The van der Waals surface area contributed by atoms with E-state index in [1.807, 2.05) is 19.3 Å². The quantitative estimate of drug-likeness (QED) is 0.778. The predicted molar refractivity (Wildman–Crippen MR) is 64.0 cm³/mol. The molecule has 1 aromatic rings. The van der Waals surface area contributed by atoms with E-state index in [0.29, 0.717) is 6.04 Å². The van der Waals surface area contributed by atoms with Gasteiger partial charge < -0.3 is 5.32 Å². The summed E-state index contributed by atoms with van der Waals surface area (Å²) in [4.78, 5) is 8.52. The summed E-state index contributed by atoms with van der Waals surface area (Å²) in [6, 6.07) is 0.516. The second kappa shape index (κ2) is 6.38. The monoisotopic (exact) mass is 207 g/mol. The topological polar surface area (TPSA) is 37.8 Å². The van der Waals surface area contributed by atoms with Gasteiger partial charge in [-0.1, -0.05) is 26.7 Å². The first-order valence-electron chi connectivity index (χ1n) is 5.81. The zero-order chi connectivity index (χ0) is 11.1. The fourth-order valence-corrected chi connectivity index (χ4v) is 1.64. The molecule has 0 aliphatic heterocycles. The lowest BCUT2D eigenvalue weighted by molar-refractivity contribution is 0.582. The second-order valence-electron chi connectivity index (χ2n) is 4.00. The molecule has 0 atom stereocenters. The molecule has 0 aliphatic rings. The Bertz CT molecular complexity index is 263. The summed E-state index contributed by atoms with van der Waals surface area (Å²) in [7, 11) is 0. The Labute approximate surface area is 92.3 Å². The summed E-state index contributed by atoms with van der Waals surface area (Å²) < 4.78 is 0. The molecule has 0 saturated heterocycles. The van der Waals surface area contributed by atoms with Gasteiger partial charge in [-0.2, -0.15) is 0 Å². The van der Waals surface area contributed by atoms with Crippen LogP contribution in [0.2, 0.25) is 0 Å². The fraction of sp³-hybridized carbons (Fsp3) is 0.667. The third kappa shape index (κ3) is 4.28. The van der Waals surface area contributed by atoms with Gasteiger partial charge in [0.2, 0.25) is 5.95 Å². The standard InChI is InChI=1S/C12H21N3/c1-4-6-11(7-5-2)15-12-13-8-10(3)9-14-12/h8-9,11H,4-7H2,1-3H3,(H,13,14,15). The maximum atomic E-state index is 4.26. The maximum absolute atomic E-state index is 4.26. The lowest BCUT2D eigenvalue weighted by Gasteiger charge is -2.16. The molecule has 0 aromatic carbocycles. The van der Waals surface area contributed by atoms with E-state index < -0.39 is 0 Å². The van der Waals surface area contributed by atoms with E-state index in [2.05, 4.69) is 29.1 Å². The second-order valence-corrected chi connectivity index (χ2v) is 4.00. The van der Waals surface area contributed by atoms with Crippen molar-refractivity contribution in [3.8, 4) is 0 Å². The highest BCUT2D eigenvalue weighted by molar-refractivity contribution is 5.25. The maximum Gasteiger partial charge on any atom is 0.222 e. The Morgan fingerprint density at radius 1 is 1.13 bits per heavy atom. The fourth-order valence-electron chi connectivity index (χ4n) is 1.64. The van der Waals surface area contributed by atoms with E-state index in [-0.39, 0.29) is 0 Å². The molecular formula is C12H21N3. The van der Waals surface area contributed by atoms with Gasteiger partial charge in [-0.25, -0.2) is 9.97 Å². The Hall–Kier alpha value is -1.12. The summed E-state index contributed by atoms with van der Waals surface area (Å²) in [5.41, 5.74) is 1.10. The average molecular weight is 207 g/mol. The lowest BCUT2D eigenvalue weighted by Crippen LogP contribution is -2.20. The van der Waals surface area contributed by atoms with Crippen molar-refractivity contribution in [2.24, 2.45) is 0 Å². The van der Waals surface area contributed by atoms with Crippen LogP contribution in [0.5, 0.6) is 0 Å². The number of hydrogen-bond donors (Lipinski definition) is 1. The number of nitrogens with zero attached hydrogens (tertiary/aromatic N) is 2. The van der Waals surface area contributed by atoms with Gasteiger partial charge >= 0.3 is 0 Å². The number of anilines is 1. The first-order chi connectivity index (χ1) is 7.26. The van der Waals surface area contributed by atoms with Crippen LogP contribution in [0.3, 0.4) is 0 Å². The normalized spacial score (nSPS) is 10.7. The van der Waals surface area contributed by atoms with Crippen molar-refractivity contribution in [2.45, 2.75) is 52.5 Å². The SMILES string of the molecule is CCCC(CCC)Nc1ncc(C)cn1. The van der Waals surface area contributed by atoms with Crippen molar-refractivity contribution in [3.05, 3.63) is 18.0 Å². The minimum absolute atomic E-state index is 0.516. The van der Waals surface area contributed by atoms with Crippen molar-refractivity contribution in [2.75, 3.05) is 5.32 Å². The van der Waals surface area contributed by atoms with Gasteiger partial charge in [0.1, 0.15) is 0 Å². The Balaban J connectivity index is 2.53. The number of aryl methyl sites for hydroxylation is 1. The van der Waals surface area contributed by atoms with E-state index >= 15 is 0 Å². The number of hydrogen-bond acceptors (Lipinski definition) is 3. The summed E-state index contributed by atoms with van der Waals surface area (Å²) >= 11 is 0. The van der Waals surface area contributed by atoms with Crippen LogP contribution in [0.1, 0.15) is 45.1 Å². The Kier molecular flexibility index (Phi) is 5.08. The van der Waals surface area contributed by atoms with Gasteiger partial charge in [0.25, 0.3) is 0 Å². The third-order valence-corrected chi connectivity index (χ3v) is 2.39. The van der Waals surface area contributed by atoms with Crippen molar-refractivity contribution >= 4 is 5.95 Å². The molecule has 3 nitrogen and oxygen atoms in total. The van der Waals surface area contributed by atoms with Crippen LogP contribution in [0, 0.1) is 6.92 Å². The molecule has 0 aliphatic carbocycles. The number of nitrogens with one attached hydrogen (secondary N) is 1. The molecule has 0 saturated carbocycles. The molecule has 0 amide bonds. The predicted octanol–water partition coefficient (Wildman–Crippen LogP) is 3.17. The molecule has 1 aromatic heterocycles. The van der Waals surface area contributed by atoms with Gasteiger partial charge in [-0.3, -0.25) is 0 Å². The van der Waals surface area contributed by atoms with Gasteiger partial charge in [0.15, 0.2) is 0 Å². The van der Waals surface area contributed by atoms with Crippen LogP contribution < -0.4 is 5.32 Å².